The molecule has 2 aromatic rings. The number of nitrogens with one attached hydrogen (secondary N) is 1. The van der Waals surface area contributed by atoms with Gasteiger partial charge in [0.15, 0.2) is 0 Å². The van der Waals surface area contributed by atoms with Gasteiger partial charge in [-0.15, -0.1) is 0 Å². The largest absolute Gasteiger partial charge is 0.480 e. The molecule has 1 unspecified atom stereocenters. The molecule has 2 amide bonds. The molecule has 2 aromatic carbocycles. The minimum absolute atomic E-state index is 0.416. The number of likely N-dealkylation sites (tertiary alicyclic amines) is 1. The van der Waals surface area contributed by atoms with Crippen LogP contribution in [0.4, 0.5) is 10.5 Å². The summed E-state index contributed by atoms with van der Waals surface area (Å²) in [6.07, 6.45) is 1.13. The van der Waals surface area contributed by atoms with Gasteiger partial charge in [0.25, 0.3) is 0 Å². The number of amides is 2. The van der Waals surface area contributed by atoms with E-state index in [2.05, 4.69) is 5.32 Å². The van der Waals surface area contributed by atoms with Crippen molar-refractivity contribution in [1.82, 2.24) is 4.90 Å². The Balaban J connectivity index is 1.89. The molecule has 0 aromatic heterocycles. The number of carboxylic acids is 1. The highest BCUT2D eigenvalue weighted by molar-refractivity contribution is 6.31. The number of carbonyl (C=O) groups is 2. The summed E-state index contributed by atoms with van der Waals surface area (Å²) in [5.41, 5.74) is 2.17. The minimum Gasteiger partial charge on any atom is -0.480 e. The number of carbonyl (C=O) groups excluding carboxylic acids is 1. The average molecular weight is 379 g/mol. The summed E-state index contributed by atoms with van der Waals surface area (Å²) in [4.78, 5) is 25.2. The fraction of sp³-hybridized carbons (Fsp3) is 0.222. The lowest BCUT2D eigenvalue weighted by atomic mass is 10.0. The first kappa shape index (κ1) is 17.6. The number of urea groups is 1. The van der Waals surface area contributed by atoms with E-state index in [1.165, 1.54) is 4.90 Å². The normalized spacial score (nSPS) is 16.7. The summed E-state index contributed by atoms with van der Waals surface area (Å²) >= 11 is 12.0. The van der Waals surface area contributed by atoms with Gasteiger partial charge >= 0.3 is 12.0 Å². The maximum atomic E-state index is 12.6. The van der Waals surface area contributed by atoms with Gasteiger partial charge in [0, 0.05) is 22.2 Å². The van der Waals surface area contributed by atoms with Crippen LogP contribution in [0, 0.1) is 0 Å². The molecular formula is C18H16Cl2N2O3. The molecule has 1 aliphatic heterocycles. The molecule has 0 aliphatic carbocycles. The highest BCUT2D eigenvalue weighted by atomic mass is 35.5. The zero-order valence-electron chi connectivity index (χ0n) is 13.2. The van der Waals surface area contributed by atoms with Crippen molar-refractivity contribution in [1.29, 1.82) is 0 Å². The van der Waals surface area contributed by atoms with Gasteiger partial charge in [0.2, 0.25) is 0 Å². The van der Waals surface area contributed by atoms with Crippen molar-refractivity contribution >= 4 is 40.9 Å². The number of rotatable bonds is 3. The molecule has 1 fully saturated rings. The van der Waals surface area contributed by atoms with Crippen molar-refractivity contribution in [3.05, 3.63) is 52.5 Å². The Morgan fingerprint density at radius 3 is 2.44 bits per heavy atom. The summed E-state index contributed by atoms with van der Waals surface area (Å²) in [7, 11) is 0. The topological polar surface area (TPSA) is 69.6 Å². The Morgan fingerprint density at radius 2 is 1.76 bits per heavy atom. The lowest BCUT2D eigenvalue weighted by Crippen LogP contribution is -2.42. The van der Waals surface area contributed by atoms with Crippen LogP contribution < -0.4 is 5.32 Å². The summed E-state index contributed by atoms with van der Waals surface area (Å²) in [5.74, 6) is -0.989. The lowest BCUT2D eigenvalue weighted by Gasteiger charge is -2.23. The van der Waals surface area contributed by atoms with Crippen LogP contribution in [0.15, 0.2) is 42.5 Å². The van der Waals surface area contributed by atoms with Gasteiger partial charge in [-0.1, -0.05) is 41.4 Å². The van der Waals surface area contributed by atoms with Gasteiger partial charge in [-0.25, -0.2) is 9.59 Å². The second-order valence-electron chi connectivity index (χ2n) is 5.82. The average Bonchev–Trinajstić information content (AvgIpc) is 3.06. The van der Waals surface area contributed by atoms with E-state index in [1.807, 2.05) is 12.1 Å². The molecule has 25 heavy (non-hydrogen) atoms. The van der Waals surface area contributed by atoms with Crippen LogP contribution >= 0.6 is 23.2 Å². The quantitative estimate of drug-likeness (QED) is 0.809. The van der Waals surface area contributed by atoms with Crippen molar-refractivity contribution in [2.45, 2.75) is 18.9 Å². The van der Waals surface area contributed by atoms with Crippen molar-refractivity contribution in [2.24, 2.45) is 0 Å². The van der Waals surface area contributed by atoms with Crippen molar-refractivity contribution in [3.8, 4) is 11.1 Å². The first-order valence-electron chi connectivity index (χ1n) is 7.81. The van der Waals surface area contributed by atoms with E-state index in [0.29, 0.717) is 35.1 Å². The van der Waals surface area contributed by atoms with Crippen LogP contribution in [-0.4, -0.2) is 34.6 Å². The van der Waals surface area contributed by atoms with E-state index < -0.39 is 18.0 Å². The van der Waals surface area contributed by atoms with E-state index >= 15 is 0 Å². The van der Waals surface area contributed by atoms with Crippen molar-refractivity contribution < 1.29 is 14.7 Å². The van der Waals surface area contributed by atoms with Crippen LogP contribution in [-0.2, 0) is 4.79 Å². The number of aliphatic carboxylic acids is 1. The van der Waals surface area contributed by atoms with E-state index in [1.54, 1.807) is 30.3 Å². The molecule has 1 heterocycles. The molecule has 0 spiro atoms. The second kappa shape index (κ2) is 7.33. The number of halogens is 2. The van der Waals surface area contributed by atoms with E-state index in [-0.39, 0.29) is 0 Å². The smallest absolute Gasteiger partial charge is 0.326 e. The molecule has 0 saturated carbocycles. The van der Waals surface area contributed by atoms with Crippen LogP contribution in [0.3, 0.4) is 0 Å². The van der Waals surface area contributed by atoms with Crippen LogP contribution in [0.25, 0.3) is 11.1 Å². The lowest BCUT2D eigenvalue weighted by molar-refractivity contribution is -0.141. The maximum Gasteiger partial charge on any atom is 0.326 e. The molecule has 3 rings (SSSR count). The van der Waals surface area contributed by atoms with E-state index in [0.717, 1.165) is 11.1 Å². The molecule has 1 aliphatic rings. The highest BCUT2D eigenvalue weighted by Gasteiger charge is 2.34. The molecule has 1 saturated heterocycles. The number of hydrogen-bond acceptors (Lipinski definition) is 2. The standard InChI is InChI=1S/C18H16Cl2N2O3/c19-12-5-3-11(4-6-12)14-8-7-13(20)10-15(14)21-18(25)22-9-1-2-16(22)17(23)24/h3-8,10,16H,1-2,9H2,(H,21,25)(H,23,24). The van der Waals surface area contributed by atoms with E-state index in [9.17, 15) is 14.7 Å². The summed E-state index contributed by atoms with van der Waals surface area (Å²) < 4.78 is 0. The molecule has 5 nitrogen and oxygen atoms in total. The van der Waals surface area contributed by atoms with Crippen LogP contribution in [0.1, 0.15) is 12.8 Å². The third kappa shape index (κ3) is 3.89. The van der Waals surface area contributed by atoms with Crippen LogP contribution in [0.2, 0.25) is 10.0 Å². The predicted octanol–water partition coefficient (Wildman–Crippen LogP) is 4.74. The Morgan fingerprint density at radius 1 is 1.08 bits per heavy atom. The van der Waals surface area contributed by atoms with Gasteiger partial charge in [0.05, 0.1) is 5.69 Å². The molecule has 2 N–H and O–H groups in total. The van der Waals surface area contributed by atoms with Gasteiger partial charge in [-0.3, -0.25) is 0 Å². The van der Waals surface area contributed by atoms with Crippen molar-refractivity contribution in [3.63, 3.8) is 0 Å². The van der Waals surface area contributed by atoms with Gasteiger partial charge in [-0.2, -0.15) is 0 Å². The zero-order valence-corrected chi connectivity index (χ0v) is 14.7. The number of benzene rings is 2. The fourth-order valence-corrected chi connectivity index (χ4v) is 3.25. The Hall–Kier alpha value is -2.24. The van der Waals surface area contributed by atoms with E-state index in [4.69, 9.17) is 23.2 Å². The van der Waals surface area contributed by atoms with Gasteiger partial charge in [0.1, 0.15) is 6.04 Å². The first-order valence-corrected chi connectivity index (χ1v) is 8.57. The Labute approximate surface area is 155 Å². The maximum absolute atomic E-state index is 12.6. The SMILES string of the molecule is O=C(O)C1CCCN1C(=O)Nc1cc(Cl)ccc1-c1ccc(Cl)cc1. The fourth-order valence-electron chi connectivity index (χ4n) is 2.95. The summed E-state index contributed by atoms with van der Waals surface area (Å²) in [5, 5.41) is 13.1. The summed E-state index contributed by atoms with van der Waals surface area (Å²) in [6.45, 7) is 0.416. The summed E-state index contributed by atoms with van der Waals surface area (Å²) in [6, 6.07) is 11.2. The third-order valence-electron chi connectivity index (χ3n) is 4.18. The number of anilines is 1. The third-order valence-corrected chi connectivity index (χ3v) is 4.66. The Kier molecular flexibility index (Phi) is 5.16. The van der Waals surface area contributed by atoms with Crippen molar-refractivity contribution in [2.75, 3.05) is 11.9 Å². The Bertz CT molecular complexity index is 808. The zero-order chi connectivity index (χ0) is 18.0. The molecule has 1 atom stereocenters. The molecule has 0 bridgehead atoms. The second-order valence-corrected chi connectivity index (χ2v) is 6.69. The van der Waals surface area contributed by atoms with Gasteiger partial charge in [-0.05, 0) is 42.7 Å². The number of hydrogen-bond donors (Lipinski definition) is 2. The number of nitrogens with zero attached hydrogens (tertiary/aromatic N) is 1. The molecular weight excluding hydrogens is 363 g/mol. The number of carboxylic acid groups (broad SMARTS) is 1. The molecule has 0 radical (unpaired) electrons. The predicted molar refractivity (Wildman–Crippen MR) is 98.3 cm³/mol. The van der Waals surface area contributed by atoms with Crippen LogP contribution in [0.5, 0.6) is 0 Å². The first-order chi connectivity index (χ1) is 12.0. The molecule has 7 heteroatoms. The van der Waals surface area contributed by atoms with Gasteiger partial charge < -0.3 is 15.3 Å². The highest BCUT2D eigenvalue weighted by Crippen LogP contribution is 2.32. The minimum atomic E-state index is -0.989. The molecule has 130 valence electrons. The monoisotopic (exact) mass is 378 g/mol.